The van der Waals surface area contributed by atoms with E-state index >= 15 is 0 Å². The van der Waals surface area contributed by atoms with Gasteiger partial charge in [0.05, 0.1) is 0 Å². The molecule has 0 aliphatic carbocycles. The fourth-order valence-electron chi connectivity index (χ4n) is 1.35. The van der Waals surface area contributed by atoms with Gasteiger partial charge in [0, 0.05) is 17.1 Å². The molecule has 1 heterocycles. The van der Waals surface area contributed by atoms with Gasteiger partial charge in [-0.3, -0.25) is 0 Å². The third kappa shape index (κ3) is 4.02. The van der Waals surface area contributed by atoms with Gasteiger partial charge < -0.3 is 5.32 Å². The number of halogens is 2. The number of nitrogens with one attached hydrogen (secondary N) is 1. The van der Waals surface area contributed by atoms with Crippen molar-refractivity contribution in [3.8, 4) is 0 Å². The van der Waals surface area contributed by atoms with Gasteiger partial charge >= 0.3 is 0 Å². The van der Waals surface area contributed by atoms with Gasteiger partial charge in [-0.1, -0.05) is 11.8 Å². The Morgan fingerprint density at radius 1 is 1.18 bits per heavy atom. The minimum atomic E-state index is -2.36. The molecule has 0 aliphatic rings. The molecule has 17 heavy (non-hydrogen) atoms. The van der Waals surface area contributed by atoms with Crippen molar-refractivity contribution >= 4 is 28.8 Å². The summed E-state index contributed by atoms with van der Waals surface area (Å²) >= 11 is 2.22. The highest BCUT2D eigenvalue weighted by Crippen LogP contribution is 2.26. The number of anilines is 1. The lowest BCUT2D eigenvalue weighted by molar-refractivity contribution is 0.252. The van der Waals surface area contributed by atoms with E-state index in [0.29, 0.717) is 16.7 Å². The zero-order valence-electron chi connectivity index (χ0n) is 8.90. The Labute approximate surface area is 107 Å². The molecule has 0 amide bonds. The van der Waals surface area contributed by atoms with E-state index < -0.39 is 5.76 Å². The normalized spacial score (nSPS) is 10.8. The molecule has 1 nitrogen and oxygen atoms in total. The predicted molar refractivity (Wildman–Crippen MR) is 69.9 cm³/mol. The minimum Gasteiger partial charge on any atom is -0.381 e. The first-order valence-electron chi connectivity index (χ1n) is 5.04. The first kappa shape index (κ1) is 12.4. The van der Waals surface area contributed by atoms with Gasteiger partial charge in [-0.05, 0) is 46.7 Å². The highest BCUT2D eigenvalue weighted by Gasteiger charge is 2.04. The van der Waals surface area contributed by atoms with E-state index in [-0.39, 0.29) is 0 Å². The molecule has 0 aliphatic heterocycles. The van der Waals surface area contributed by atoms with Crippen molar-refractivity contribution in [2.45, 2.75) is 17.2 Å². The highest BCUT2D eigenvalue weighted by molar-refractivity contribution is 7.99. The number of hydrogen-bond donors (Lipinski definition) is 1. The maximum atomic E-state index is 12.1. The number of thiophene rings is 1. The standard InChI is InChI=1S/C12H11F2NS2/c13-12(14)17-11-3-1-10(2-4-11)15-7-9-5-6-16-8-9/h1-6,8,12,15H,7H2. The van der Waals surface area contributed by atoms with E-state index in [2.05, 4.69) is 16.8 Å². The molecule has 0 spiro atoms. The molecule has 1 aromatic carbocycles. The van der Waals surface area contributed by atoms with Gasteiger partial charge in [0.1, 0.15) is 0 Å². The molecule has 90 valence electrons. The van der Waals surface area contributed by atoms with Crippen molar-refractivity contribution in [2.24, 2.45) is 0 Å². The lowest BCUT2D eigenvalue weighted by atomic mass is 10.3. The average molecular weight is 271 g/mol. The maximum Gasteiger partial charge on any atom is 0.288 e. The highest BCUT2D eigenvalue weighted by atomic mass is 32.2. The summed E-state index contributed by atoms with van der Waals surface area (Å²) in [6, 6.07) is 9.09. The van der Waals surface area contributed by atoms with Crippen LogP contribution >= 0.6 is 23.1 Å². The lowest BCUT2D eigenvalue weighted by Gasteiger charge is -2.06. The molecule has 5 heteroatoms. The summed E-state index contributed by atoms with van der Waals surface area (Å²) < 4.78 is 24.2. The monoisotopic (exact) mass is 271 g/mol. The second kappa shape index (κ2) is 6.02. The summed E-state index contributed by atoms with van der Waals surface area (Å²) in [5, 5.41) is 7.34. The predicted octanol–water partition coefficient (Wildman–Crippen LogP) is 4.67. The van der Waals surface area contributed by atoms with Crippen LogP contribution in [-0.2, 0) is 6.54 Å². The van der Waals surface area contributed by atoms with E-state index in [1.807, 2.05) is 17.5 Å². The van der Waals surface area contributed by atoms with Gasteiger partial charge in [0.15, 0.2) is 0 Å². The molecule has 1 N–H and O–H groups in total. The molecule has 1 aromatic heterocycles. The van der Waals surface area contributed by atoms with Crippen LogP contribution in [0.5, 0.6) is 0 Å². The fourth-order valence-corrected chi connectivity index (χ4v) is 2.52. The van der Waals surface area contributed by atoms with Crippen molar-refractivity contribution in [1.29, 1.82) is 0 Å². The van der Waals surface area contributed by atoms with Gasteiger partial charge in [0.25, 0.3) is 5.76 Å². The summed E-state index contributed by atoms with van der Waals surface area (Å²) in [6.07, 6.45) is 0. The summed E-state index contributed by atoms with van der Waals surface area (Å²) in [7, 11) is 0. The van der Waals surface area contributed by atoms with Crippen molar-refractivity contribution in [3.05, 3.63) is 46.7 Å². The molecule has 0 fully saturated rings. The van der Waals surface area contributed by atoms with Crippen LogP contribution in [0.1, 0.15) is 5.56 Å². The van der Waals surface area contributed by atoms with Crippen LogP contribution in [0.3, 0.4) is 0 Å². The van der Waals surface area contributed by atoms with Crippen LogP contribution in [0, 0.1) is 0 Å². The van der Waals surface area contributed by atoms with Crippen molar-refractivity contribution < 1.29 is 8.78 Å². The van der Waals surface area contributed by atoms with Gasteiger partial charge in [-0.25, -0.2) is 0 Å². The van der Waals surface area contributed by atoms with E-state index in [1.165, 1.54) is 5.56 Å². The Balaban J connectivity index is 1.89. The smallest absolute Gasteiger partial charge is 0.288 e. The van der Waals surface area contributed by atoms with Crippen LogP contribution in [0.25, 0.3) is 0 Å². The van der Waals surface area contributed by atoms with Gasteiger partial charge in [-0.15, -0.1) is 0 Å². The number of alkyl halides is 2. The van der Waals surface area contributed by atoms with Crippen LogP contribution in [0.15, 0.2) is 46.0 Å². The Morgan fingerprint density at radius 3 is 2.53 bits per heavy atom. The Morgan fingerprint density at radius 2 is 1.94 bits per heavy atom. The number of rotatable bonds is 5. The molecule has 0 bridgehead atoms. The van der Waals surface area contributed by atoms with E-state index in [1.54, 1.807) is 23.5 Å². The second-order valence-corrected chi connectivity index (χ2v) is 5.23. The van der Waals surface area contributed by atoms with Crippen LogP contribution in [0.4, 0.5) is 14.5 Å². The summed E-state index contributed by atoms with van der Waals surface area (Å²) in [4.78, 5) is 0.584. The third-order valence-corrected chi connectivity index (χ3v) is 3.61. The summed E-state index contributed by atoms with van der Waals surface area (Å²) in [5.74, 6) is -2.36. The molecule has 0 saturated carbocycles. The summed E-state index contributed by atoms with van der Waals surface area (Å²) in [5.41, 5.74) is 2.16. The van der Waals surface area contributed by atoms with Gasteiger partial charge in [-0.2, -0.15) is 20.1 Å². The molecular formula is C12H11F2NS2. The van der Waals surface area contributed by atoms with E-state index in [4.69, 9.17) is 0 Å². The van der Waals surface area contributed by atoms with Crippen molar-refractivity contribution in [1.82, 2.24) is 0 Å². The van der Waals surface area contributed by atoms with Crippen LogP contribution < -0.4 is 5.32 Å². The van der Waals surface area contributed by atoms with Gasteiger partial charge in [0.2, 0.25) is 0 Å². The van der Waals surface area contributed by atoms with Crippen molar-refractivity contribution in [2.75, 3.05) is 5.32 Å². The topological polar surface area (TPSA) is 12.0 Å². The molecule has 2 rings (SSSR count). The Bertz CT molecular complexity index is 440. The largest absolute Gasteiger partial charge is 0.381 e. The SMILES string of the molecule is FC(F)Sc1ccc(NCc2ccsc2)cc1. The Hall–Kier alpha value is -1.07. The van der Waals surface area contributed by atoms with Crippen LogP contribution in [0.2, 0.25) is 0 Å². The second-order valence-electron chi connectivity index (χ2n) is 3.39. The van der Waals surface area contributed by atoms with Crippen molar-refractivity contribution in [3.63, 3.8) is 0 Å². The quantitative estimate of drug-likeness (QED) is 0.793. The zero-order chi connectivity index (χ0) is 12.1. The van der Waals surface area contributed by atoms with E-state index in [9.17, 15) is 8.78 Å². The Kier molecular flexibility index (Phi) is 4.39. The van der Waals surface area contributed by atoms with Crippen LogP contribution in [-0.4, -0.2) is 5.76 Å². The lowest BCUT2D eigenvalue weighted by Crippen LogP contribution is -1.97. The maximum absolute atomic E-state index is 12.1. The first-order valence-corrected chi connectivity index (χ1v) is 6.86. The number of benzene rings is 1. The average Bonchev–Trinajstić information content (AvgIpc) is 2.80. The summed E-state index contributed by atoms with van der Waals surface area (Å²) in [6.45, 7) is 0.755. The van der Waals surface area contributed by atoms with E-state index in [0.717, 1.165) is 12.2 Å². The molecule has 0 atom stereocenters. The first-order chi connectivity index (χ1) is 8.24. The molecule has 0 unspecified atom stereocenters. The third-order valence-electron chi connectivity index (χ3n) is 2.16. The molecular weight excluding hydrogens is 260 g/mol. The molecule has 0 radical (unpaired) electrons. The number of thioether (sulfide) groups is 1. The number of hydrogen-bond acceptors (Lipinski definition) is 3. The molecule has 2 aromatic rings. The zero-order valence-corrected chi connectivity index (χ0v) is 10.5. The molecule has 0 saturated heterocycles. The minimum absolute atomic E-state index is 0.564. The fraction of sp³-hybridized carbons (Fsp3) is 0.167.